The molecule has 1 aromatic rings. The number of nitrogens with zero attached hydrogens (tertiary/aromatic N) is 4. The van der Waals surface area contributed by atoms with Gasteiger partial charge in [-0.25, -0.2) is 10.3 Å². The second-order valence-electron chi connectivity index (χ2n) is 6.67. The van der Waals surface area contributed by atoms with E-state index >= 15 is 0 Å². The Morgan fingerprint density at radius 2 is 2.30 bits per heavy atom. The normalized spacial score (nSPS) is 28.2. The van der Waals surface area contributed by atoms with E-state index in [1.54, 1.807) is 10.9 Å². The van der Waals surface area contributed by atoms with Gasteiger partial charge in [0.1, 0.15) is 12.1 Å². The fourth-order valence-corrected chi connectivity index (χ4v) is 4.09. The third-order valence-electron chi connectivity index (χ3n) is 5.13. The molecule has 0 radical (unpaired) electrons. The van der Waals surface area contributed by atoms with Gasteiger partial charge in [-0.2, -0.15) is 14.4 Å². The number of rotatable bonds is 5. The molecule has 3 aliphatic heterocycles. The fraction of sp³-hybridized carbons (Fsp3) is 0.643. The van der Waals surface area contributed by atoms with Crippen molar-refractivity contribution >= 4 is 23.3 Å². The number of carbonyl (C=O) groups is 2. The van der Waals surface area contributed by atoms with Gasteiger partial charge in [0.25, 0.3) is 5.91 Å². The summed E-state index contributed by atoms with van der Waals surface area (Å²) in [5, 5.41) is 8.28. The van der Waals surface area contributed by atoms with E-state index in [9.17, 15) is 13.8 Å². The number of hydrogen-bond acceptors (Lipinski definition) is 7. The van der Waals surface area contributed by atoms with Gasteiger partial charge in [0, 0.05) is 32.2 Å². The number of hydrogen-bond donors (Lipinski definition) is 3. The summed E-state index contributed by atoms with van der Waals surface area (Å²) < 4.78 is 26.1. The van der Waals surface area contributed by atoms with Crippen LogP contribution in [0.1, 0.15) is 30.2 Å². The molecule has 2 bridgehead atoms. The average molecular weight is 400 g/mol. The van der Waals surface area contributed by atoms with Gasteiger partial charge in [-0.15, -0.1) is 4.28 Å². The Bertz CT molecular complexity index is 786. The van der Waals surface area contributed by atoms with Crippen molar-refractivity contribution in [2.24, 2.45) is 7.05 Å². The summed E-state index contributed by atoms with van der Waals surface area (Å²) in [6.45, 7) is 1.46. The van der Waals surface area contributed by atoms with E-state index in [1.807, 2.05) is 7.05 Å². The highest BCUT2D eigenvalue weighted by molar-refractivity contribution is 7.74. The molecule has 13 heteroatoms. The first-order chi connectivity index (χ1) is 13.0. The van der Waals surface area contributed by atoms with Gasteiger partial charge in [-0.1, -0.05) is 0 Å². The van der Waals surface area contributed by atoms with Crippen molar-refractivity contribution in [2.75, 3.05) is 13.1 Å². The molecule has 3 aliphatic rings. The van der Waals surface area contributed by atoms with E-state index in [0.717, 1.165) is 16.3 Å². The van der Waals surface area contributed by atoms with Crippen LogP contribution in [0.4, 0.5) is 4.79 Å². The molecular formula is C14H20N6O6S. The summed E-state index contributed by atoms with van der Waals surface area (Å²) >= 11 is -2.60. The highest BCUT2D eigenvalue weighted by atomic mass is 32.2. The van der Waals surface area contributed by atoms with Gasteiger partial charge in [0.15, 0.2) is 0 Å². The van der Waals surface area contributed by atoms with Gasteiger partial charge in [-0.05, 0) is 12.8 Å². The van der Waals surface area contributed by atoms with Crippen LogP contribution in [0.5, 0.6) is 0 Å². The number of carbonyl (C=O) groups excluding carboxylic acids is 2. The van der Waals surface area contributed by atoms with Gasteiger partial charge in [0.05, 0.1) is 17.9 Å². The van der Waals surface area contributed by atoms with Crippen molar-refractivity contribution in [1.82, 2.24) is 30.5 Å². The summed E-state index contributed by atoms with van der Waals surface area (Å²) in [6.07, 6.45) is 2.22. The Labute approximate surface area is 157 Å². The lowest BCUT2D eigenvalue weighted by atomic mass is 10.0. The Hall–Kier alpha value is -2.06. The van der Waals surface area contributed by atoms with Gasteiger partial charge in [-0.3, -0.25) is 18.9 Å². The second kappa shape index (κ2) is 7.16. The highest BCUT2D eigenvalue weighted by Gasteiger charge is 2.48. The monoisotopic (exact) mass is 400 g/mol. The molecule has 2 unspecified atom stereocenters. The van der Waals surface area contributed by atoms with Crippen molar-refractivity contribution < 1.29 is 27.5 Å². The fourth-order valence-electron chi connectivity index (χ4n) is 3.77. The molecule has 0 saturated carbocycles. The number of urea groups is 1. The van der Waals surface area contributed by atoms with Crippen molar-refractivity contribution in [3.63, 3.8) is 0 Å². The lowest BCUT2D eigenvalue weighted by Crippen LogP contribution is -2.50. The van der Waals surface area contributed by atoms with E-state index < -0.39 is 29.3 Å². The van der Waals surface area contributed by atoms with Crippen LogP contribution in [0.3, 0.4) is 0 Å². The summed E-state index contributed by atoms with van der Waals surface area (Å²) in [6, 6.07) is -1.67. The topological polar surface area (TPSA) is 138 Å². The minimum absolute atomic E-state index is 0.256. The Balaban J connectivity index is 1.38. The maximum Gasteiger partial charge on any atom is 0.346 e. The Morgan fingerprint density at radius 1 is 1.48 bits per heavy atom. The maximum atomic E-state index is 12.6. The number of piperidine rings is 1. The summed E-state index contributed by atoms with van der Waals surface area (Å²) in [5.41, 5.74) is 4.34. The van der Waals surface area contributed by atoms with E-state index in [0.29, 0.717) is 25.9 Å². The summed E-state index contributed by atoms with van der Waals surface area (Å²) in [5.74, 6) is -0.440. The third-order valence-corrected chi connectivity index (χ3v) is 5.42. The second-order valence-corrected chi connectivity index (χ2v) is 7.26. The van der Waals surface area contributed by atoms with Gasteiger partial charge >= 0.3 is 17.4 Å². The van der Waals surface area contributed by atoms with Crippen LogP contribution >= 0.6 is 0 Å². The lowest BCUT2D eigenvalue weighted by Gasteiger charge is -2.30. The molecule has 3 amide bonds. The Kier molecular flexibility index (Phi) is 4.86. The SMILES string of the molecule is Cn1ncc2c1CNCC2ONC(=O)[C@@H]1CC[C@@H]2CN1C(=O)N2OS(=O)O. The van der Waals surface area contributed by atoms with Gasteiger partial charge < -0.3 is 10.2 Å². The first-order valence-electron chi connectivity index (χ1n) is 8.52. The Morgan fingerprint density at radius 3 is 3.07 bits per heavy atom. The maximum absolute atomic E-state index is 12.6. The predicted molar refractivity (Wildman–Crippen MR) is 89.5 cm³/mol. The molecule has 0 spiro atoms. The van der Waals surface area contributed by atoms with Crippen LogP contribution in [-0.2, 0) is 38.9 Å². The zero-order valence-electron chi connectivity index (χ0n) is 14.5. The van der Waals surface area contributed by atoms with Crippen LogP contribution < -0.4 is 10.8 Å². The van der Waals surface area contributed by atoms with Crippen LogP contribution in [0.15, 0.2) is 6.20 Å². The molecule has 1 aromatic heterocycles. The average Bonchev–Trinajstić information content (AvgIpc) is 3.14. The number of aromatic nitrogens is 2. The van der Waals surface area contributed by atoms with Gasteiger partial charge in [0.2, 0.25) is 0 Å². The number of nitrogens with one attached hydrogen (secondary N) is 2. The molecule has 3 N–H and O–H groups in total. The molecule has 0 aromatic carbocycles. The molecule has 12 nitrogen and oxygen atoms in total. The number of hydroxylamine groups is 3. The molecular weight excluding hydrogens is 380 g/mol. The number of fused-ring (bicyclic) bond motifs is 3. The van der Waals surface area contributed by atoms with Crippen molar-refractivity contribution in [1.29, 1.82) is 0 Å². The zero-order chi connectivity index (χ0) is 19.1. The molecule has 4 rings (SSSR count). The van der Waals surface area contributed by atoms with E-state index in [2.05, 4.69) is 20.2 Å². The molecule has 2 fully saturated rings. The van der Waals surface area contributed by atoms with Crippen molar-refractivity contribution in [2.45, 2.75) is 37.6 Å². The van der Waals surface area contributed by atoms with Crippen LogP contribution in [0.2, 0.25) is 0 Å². The minimum Gasteiger partial charge on any atom is -0.309 e. The third kappa shape index (κ3) is 3.32. The molecule has 27 heavy (non-hydrogen) atoms. The van der Waals surface area contributed by atoms with E-state index in [4.69, 9.17) is 9.39 Å². The zero-order valence-corrected chi connectivity index (χ0v) is 15.3. The smallest absolute Gasteiger partial charge is 0.309 e. The van der Waals surface area contributed by atoms with Crippen LogP contribution in [0.25, 0.3) is 0 Å². The molecule has 0 aliphatic carbocycles. The lowest BCUT2D eigenvalue weighted by molar-refractivity contribution is -0.144. The first-order valence-corrected chi connectivity index (χ1v) is 9.55. The standard InChI is InChI=1S/C14H20N6O6S/c1-18-11-5-15-6-12(9(11)4-16-18)25-17-13(21)10-3-2-8-7-19(10)14(22)20(8)26-27(23)24/h4,8,10,12,15H,2-3,5-7H2,1H3,(H,17,21)(H,23,24)/t8-,10+,12?/m1/s1. The van der Waals surface area contributed by atoms with Crippen molar-refractivity contribution in [3.05, 3.63) is 17.5 Å². The van der Waals surface area contributed by atoms with E-state index in [1.165, 1.54) is 4.90 Å². The molecule has 148 valence electrons. The van der Waals surface area contributed by atoms with E-state index in [-0.39, 0.29) is 18.7 Å². The first kappa shape index (κ1) is 18.3. The molecule has 2 saturated heterocycles. The summed E-state index contributed by atoms with van der Waals surface area (Å²) in [7, 11) is 1.84. The van der Waals surface area contributed by atoms with Crippen LogP contribution in [-0.4, -0.2) is 65.6 Å². The minimum atomic E-state index is -2.60. The number of aryl methyl sites for hydroxylation is 1. The highest BCUT2D eigenvalue weighted by Crippen LogP contribution is 2.30. The summed E-state index contributed by atoms with van der Waals surface area (Å²) in [4.78, 5) is 31.8. The molecule has 4 atom stereocenters. The largest absolute Gasteiger partial charge is 0.346 e. The van der Waals surface area contributed by atoms with Crippen LogP contribution in [0, 0.1) is 0 Å². The predicted octanol–water partition coefficient (Wildman–Crippen LogP) is -1.05. The molecule has 4 heterocycles. The quantitative estimate of drug-likeness (QED) is 0.420. The number of amides is 3. The van der Waals surface area contributed by atoms with Crippen molar-refractivity contribution in [3.8, 4) is 0 Å².